The Morgan fingerprint density at radius 2 is 1.90 bits per heavy atom. The summed E-state index contributed by atoms with van der Waals surface area (Å²) in [7, 11) is 0. The van der Waals surface area contributed by atoms with Gasteiger partial charge in [-0.15, -0.1) is 0 Å². The molecule has 0 spiro atoms. The lowest BCUT2D eigenvalue weighted by Gasteiger charge is -2.09. The van der Waals surface area contributed by atoms with Crippen molar-refractivity contribution in [3.05, 3.63) is 59.1 Å². The number of hydrogen-bond acceptors (Lipinski definition) is 2. The fraction of sp³-hybridized carbons (Fsp3) is 0.294. The zero-order valence-electron chi connectivity index (χ0n) is 11.7. The van der Waals surface area contributed by atoms with Crippen LogP contribution < -0.4 is 10.1 Å². The Morgan fingerprint density at radius 3 is 2.60 bits per heavy atom. The summed E-state index contributed by atoms with van der Waals surface area (Å²) in [6, 6.07) is 15.8. The van der Waals surface area contributed by atoms with Gasteiger partial charge in [0.25, 0.3) is 0 Å². The molecule has 0 fully saturated rings. The molecule has 0 saturated carbocycles. The summed E-state index contributed by atoms with van der Waals surface area (Å²) in [5.74, 6) is 0.867. The van der Waals surface area contributed by atoms with Gasteiger partial charge in [-0.3, -0.25) is 0 Å². The van der Waals surface area contributed by atoms with Crippen molar-refractivity contribution in [1.82, 2.24) is 0 Å². The highest BCUT2D eigenvalue weighted by molar-refractivity contribution is 6.30. The van der Waals surface area contributed by atoms with E-state index in [1.807, 2.05) is 48.5 Å². The zero-order valence-corrected chi connectivity index (χ0v) is 12.5. The second-order valence-corrected chi connectivity index (χ2v) is 5.16. The molecule has 1 N–H and O–H groups in total. The van der Waals surface area contributed by atoms with Crippen molar-refractivity contribution in [1.29, 1.82) is 0 Å². The van der Waals surface area contributed by atoms with Crippen LogP contribution in [0, 0.1) is 0 Å². The molecule has 0 aromatic heterocycles. The molecular formula is C17H20ClNO. The van der Waals surface area contributed by atoms with E-state index < -0.39 is 0 Å². The number of rotatable bonds is 7. The maximum Gasteiger partial charge on any atom is 0.119 e. The number of nitrogens with one attached hydrogen (secondary N) is 1. The van der Waals surface area contributed by atoms with E-state index in [1.54, 1.807) is 0 Å². The first-order chi connectivity index (χ1) is 9.78. The lowest BCUT2D eigenvalue weighted by Crippen LogP contribution is -2.00. The molecule has 2 rings (SSSR count). The van der Waals surface area contributed by atoms with Crippen LogP contribution in [0.1, 0.15) is 25.3 Å². The molecule has 20 heavy (non-hydrogen) atoms. The van der Waals surface area contributed by atoms with Gasteiger partial charge < -0.3 is 10.1 Å². The first-order valence-electron chi connectivity index (χ1n) is 6.99. The van der Waals surface area contributed by atoms with Crippen LogP contribution in [0.5, 0.6) is 5.75 Å². The Hall–Kier alpha value is -1.67. The third-order valence-electron chi connectivity index (χ3n) is 3.01. The van der Waals surface area contributed by atoms with Crippen molar-refractivity contribution in [2.45, 2.75) is 26.4 Å². The quantitative estimate of drug-likeness (QED) is 0.713. The smallest absolute Gasteiger partial charge is 0.119 e. The lowest BCUT2D eigenvalue weighted by atomic mass is 10.2. The summed E-state index contributed by atoms with van der Waals surface area (Å²) in [5, 5.41) is 4.12. The Kier molecular flexibility index (Phi) is 5.75. The summed E-state index contributed by atoms with van der Waals surface area (Å²) in [5.41, 5.74) is 2.20. The van der Waals surface area contributed by atoms with Crippen molar-refractivity contribution in [3.63, 3.8) is 0 Å². The van der Waals surface area contributed by atoms with Gasteiger partial charge in [0.15, 0.2) is 0 Å². The molecule has 0 radical (unpaired) electrons. The van der Waals surface area contributed by atoms with E-state index in [0.29, 0.717) is 6.61 Å². The van der Waals surface area contributed by atoms with Crippen molar-refractivity contribution >= 4 is 17.3 Å². The average molecular weight is 290 g/mol. The summed E-state index contributed by atoms with van der Waals surface area (Å²) < 4.78 is 5.74. The van der Waals surface area contributed by atoms with Gasteiger partial charge in [-0.2, -0.15) is 0 Å². The lowest BCUT2D eigenvalue weighted by molar-refractivity contribution is 0.306. The average Bonchev–Trinajstić information content (AvgIpc) is 2.47. The molecule has 0 amide bonds. The highest BCUT2D eigenvalue weighted by atomic mass is 35.5. The monoisotopic (exact) mass is 289 g/mol. The van der Waals surface area contributed by atoms with Crippen molar-refractivity contribution < 1.29 is 4.74 Å². The normalized spacial score (nSPS) is 10.3. The standard InChI is InChI=1S/C17H20ClNO/c1-2-3-11-19-16-7-9-17(10-8-16)20-13-14-5-4-6-15(18)12-14/h4-10,12,19H,2-3,11,13H2,1H3. The minimum Gasteiger partial charge on any atom is -0.489 e. The van der Waals surface area contributed by atoms with E-state index in [4.69, 9.17) is 16.3 Å². The van der Waals surface area contributed by atoms with Crippen LogP contribution in [0.15, 0.2) is 48.5 Å². The van der Waals surface area contributed by atoms with Gasteiger partial charge in [0.05, 0.1) is 0 Å². The predicted molar refractivity (Wildman–Crippen MR) is 85.6 cm³/mol. The maximum absolute atomic E-state index is 5.94. The van der Waals surface area contributed by atoms with Crippen LogP contribution in [0.4, 0.5) is 5.69 Å². The first-order valence-corrected chi connectivity index (χ1v) is 7.37. The minimum absolute atomic E-state index is 0.531. The molecule has 0 aliphatic carbocycles. The Labute approximate surface area is 125 Å². The third-order valence-corrected chi connectivity index (χ3v) is 3.24. The number of hydrogen-bond donors (Lipinski definition) is 1. The van der Waals surface area contributed by atoms with Gasteiger partial charge in [-0.25, -0.2) is 0 Å². The van der Waals surface area contributed by atoms with Gasteiger partial charge in [0.2, 0.25) is 0 Å². The fourth-order valence-electron chi connectivity index (χ4n) is 1.87. The van der Waals surface area contributed by atoms with E-state index in [2.05, 4.69) is 12.2 Å². The summed E-state index contributed by atoms with van der Waals surface area (Å²) in [6.45, 7) is 3.73. The van der Waals surface area contributed by atoms with Crippen LogP contribution in [-0.4, -0.2) is 6.54 Å². The van der Waals surface area contributed by atoms with Crippen molar-refractivity contribution in [2.75, 3.05) is 11.9 Å². The molecule has 0 aliphatic heterocycles. The fourth-order valence-corrected chi connectivity index (χ4v) is 2.08. The molecule has 2 nitrogen and oxygen atoms in total. The van der Waals surface area contributed by atoms with Crippen LogP contribution in [-0.2, 0) is 6.61 Å². The Bertz CT molecular complexity index is 525. The molecule has 0 saturated heterocycles. The van der Waals surface area contributed by atoms with Crippen LogP contribution in [0.3, 0.4) is 0 Å². The van der Waals surface area contributed by atoms with E-state index in [9.17, 15) is 0 Å². The van der Waals surface area contributed by atoms with Crippen LogP contribution in [0.2, 0.25) is 5.02 Å². The molecule has 3 heteroatoms. The third kappa shape index (κ3) is 4.78. The molecule has 2 aromatic carbocycles. The minimum atomic E-state index is 0.531. The molecular weight excluding hydrogens is 270 g/mol. The first kappa shape index (κ1) is 14.7. The van der Waals surface area contributed by atoms with E-state index in [1.165, 1.54) is 12.8 Å². The number of ether oxygens (including phenoxy) is 1. The molecule has 106 valence electrons. The highest BCUT2D eigenvalue weighted by Gasteiger charge is 1.98. The number of unbranched alkanes of at least 4 members (excludes halogenated alkanes) is 1. The Balaban J connectivity index is 1.84. The second-order valence-electron chi connectivity index (χ2n) is 4.72. The van der Waals surface area contributed by atoms with Gasteiger partial charge in [-0.1, -0.05) is 37.1 Å². The summed E-state index contributed by atoms with van der Waals surface area (Å²) in [6.07, 6.45) is 2.39. The van der Waals surface area contributed by atoms with E-state index >= 15 is 0 Å². The van der Waals surface area contributed by atoms with Gasteiger partial charge in [0.1, 0.15) is 12.4 Å². The molecule has 0 heterocycles. The second kappa shape index (κ2) is 7.81. The van der Waals surface area contributed by atoms with Crippen LogP contribution >= 0.6 is 11.6 Å². The van der Waals surface area contributed by atoms with Gasteiger partial charge >= 0.3 is 0 Å². The SMILES string of the molecule is CCCCNc1ccc(OCc2cccc(Cl)c2)cc1. The maximum atomic E-state index is 5.94. The number of benzene rings is 2. The number of anilines is 1. The Morgan fingerprint density at radius 1 is 1.10 bits per heavy atom. The van der Waals surface area contributed by atoms with Gasteiger partial charge in [0, 0.05) is 17.3 Å². The van der Waals surface area contributed by atoms with Crippen molar-refractivity contribution in [3.8, 4) is 5.75 Å². The van der Waals surface area contributed by atoms with E-state index in [0.717, 1.165) is 28.6 Å². The molecule has 0 aliphatic rings. The van der Waals surface area contributed by atoms with Crippen LogP contribution in [0.25, 0.3) is 0 Å². The molecule has 2 aromatic rings. The largest absolute Gasteiger partial charge is 0.489 e. The van der Waals surface area contributed by atoms with Crippen molar-refractivity contribution in [2.24, 2.45) is 0 Å². The van der Waals surface area contributed by atoms with Gasteiger partial charge in [-0.05, 0) is 48.4 Å². The zero-order chi connectivity index (χ0) is 14.2. The summed E-state index contributed by atoms with van der Waals surface area (Å²) in [4.78, 5) is 0. The highest BCUT2D eigenvalue weighted by Crippen LogP contribution is 2.18. The summed E-state index contributed by atoms with van der Waals surface area (Å²) >= 11 is 5.94. The van der Waals surface area contributed by atoms with E-state index in [-0.39, 0.29) is 0 Å². The topological polar surface area (TPSA) is 21.3 Å². The molecule has 0 atom stereocenters. The molecule has 0 unspecified atom stereocenters. The predicted octanol–water partition coefficient (Wildman–Crippen LogP) is 5.13. The number of halogens is 1. The molecule has 0 bridgehead atoms.